The van der Waals surface area contributed by atoms with Crippen molar-refractivity contribution in [3.8, 4) is 5.75 Å². The summed E-state index contributed by atoms with van der Waals surface area (Å²) in [6.07, 6.45) is 0.443. The van der Waals surface area contributed by atoms with E-state index in [1.807, 2.05) is 61.5 Å². The third-order valence-electron chi connectivity index (χ3n) is 3.32. The van der Waals surface area contributed by atoms with Gasteiger partial charge in [-0.15, -0.1) is 0 Å². The molecular weight excluding hydrogens is 264 g/mol. The number of nitrogen functional groups attached to an aromatic ring is 1. The standard InChI is InChI=1S/C17H22N2O2/c1-19(2)13-12-17(20,14-8-4-3-5-9-14)21-16-11-7-6-10-15(16)18/h3-11,20H,12-13,18H2,1-2H3/t17-/m1/s1. The Kier molecular flexibility index (Phi) is 4.83. The molecule has 0 amide bonds. The molecule has 0 bridgehead atoms. The minimum atomic E-state index is -1.40. The molecule has 0 unspecified atom stereocenters. The van der Waals surface area contributed by atoms with Crippen molar-refractivity contribution in [2.24, 2.45) is 0 Å². The molecule has 0 aliphatic carbocycles. The van der Waals surface area contributed by atoms with Gasteiger partial charge in [0.05, 0.1) is 5.69 Å². The monoisotopic (exact) mass is 286 g/mol. The fraction of sp³-hybridized carbons (Fsp3) is 0.294. The smallest absolute Gasteiger partial charge is 0.236 e. The van der Waals surface area contributed by atoms with Crippen molar-refractivity contribution in [2.45, 2.75) is 12.2 Å². The van der Waals surface area contributed by atoms with Crippen LogP contribution in [0.5, 0.6) is 5.75 Å². The van der Waals surface area contributed by atoms with Crippen LogP contribution >= 0.6 is 0 Å². The summed E-state index contributed by atoms with van der Waals surface area (Å²) >= 11 is 0. The molecule has 2 rings (SSSR count). The molecule has 0 spiro atoms. The number of benzene rings is 2. The Morgan fingerprint density at radius 2 is 1.67 bits per heavy atom. The van der Waals surface area contributed by atoms with Crippen LogP contribution < -0.4 is 10.5 Å². The molecule has 0 radical (unpaired) electrons. The van der Waals surface area contributed by atoms with E-state index < -0.39 is 5.79 Å². The van der Waals surface area contributed by atoms with Crippen molar-refractivity contribution in [2.75, 3.05) is 26.4 Å². The van der Waals surface area contributed by atoms with E-state index in [1.54, 1.807) is 12.1 Å². The second kappa shape index (κ2) is 6.61. The van der Waals surface area contributed by atoms with Crippen LogP contribution in [-0.4, -0.2) is 30.6 Å². The largest absolute Gasteiger partial charge is 0.456 e. The fourth-order valence-electron chi connectivity index (χ4n) is 2.08. The third-order valence-corrected chi connectivity index (χ3v) is 3.32. The van der Waals surface area contributed by atoms with Crippen molar-refractivity contribution in [3.63, 3.8) is 0 Å². The van der Waals surface area contributed by atoms with Gasteiger partial charge in [0.2, 0.25) is 5.79 Å². The van der Waals surface area contributed by atoms with Gasteiger partial charge in [-0.2, -0.15) is 0 Å². The van der Waals surface area contributed by atoms with Gasteiger partial charge in [0.1, 0.15) is 5.75 Å². The summed E-state index contributed by atoms with van der Waals surface area (Å²) in [6, 6.07) is 16.6. The Bertz CT molecular complexity index is 572. The molecule has 0 saturated carbocycles. The number of ether oxygens (including phenoxy) is 1. The average molecular weight is 286 g/mol. The lowest BCUT2D eigenvalue weighted by molar-refractivity contribution is -0.153. The maximum atomic E-state index is 11.0. The van der Waals surface area contributed by atoms with E-state index >= 15 is 0 Å². The second-order valence-corrected chi connectivity index (χ2v) is 5.34. The van der Waals surface area contributed by atoms with Crippen LogP contribution in [0.4, 0.5) is 5.69 Å². The first-order chi connectivity index (χ1) is 10.0. The first kappa shape index (κ1) is 15.4. The van der Waals surface area contributed by atoms with E-state index in [-0.39, 0.29) is 0 Å². The molecule has 0 heterocycles. The molecule has 3 N–H and O–H groups in total. The normalized spacial score (nSPS) is 13.9. The van der Waals surface area contributed by atoms with Gasteiger partial charge >= 0.3 is 0 Å². The average Bonchev–Trinajstić information content (AvgIpc) is 2.49. The number of hydrogen-bond acceptors (Lipinski definition) is 4. The quantitative estimate of drug-likeness (QED) is 0.632. The van der Waals surface area contributed by atoms with Gasteiger partial charge in [0.25, 0.3) is 0 Å². The van der Waals surface area contributed by atoms with Gasteiger partial charge in [0.15, 0.2) is 0 Å². The first-order valence-corrected chi connectivity index (χ1v) is 6.97. The van der Waals surface area contributed by atoms with Crippen LogP contribution in [-0.2, 0) is 5.79 Å². The molecule has 112 valence electrons. The van der Waals surface area contributed by atoms with E-state index in [2.05, 4.69) is 0 Å². The van der Waals surface area contributed by atoms with E-state index in [9.17, 15) is 5.11 Å². The van der Waals surface area contributed by atoms with E-state index in [0.717, 1.165) is 5.56 Å². The zero-order valence-electron chi connectivity index (χ0n) is 12.5. The number of hydrogen-bond donors (Lipinski definition) is 2. The minimum Gasteiger partial charge on any atom is -0.456 e. The van der Waals surface area contributed by atoms with Crippen molar-refractivity contribution in [3.05, 3.63) is 60.2 Å². The molecule has 2 aromatic rings. The number of nitrogens with two attached hydrogens (primary N) is 1. The van der Waals surface area contributed by atoms with Gasteiger partial charge in [-0.3, -0.25) is 0 Å². The van der Waals surface area contributed by atoms with Crippen LogP contribution in [0.2, 0.25) is 0 Å². The Labute approximate surface area is 125 Å². The zero-order chi connectivity index (χ0) is 15.3. The predicted octanol–water partition coefficient (Wildman–Crippen LogP) is 2.44. The van der Waals surface area contributed by atoms with Gasteiger partial charge in [0, 0.05) is 18.5 Å². The Morgan fingerprint density at radius 3 is 2.29 bits per heavy atom. The highest BCUT2D eigenvalue weighted by molar-refractivity contribution is 5.52. The van der Waals surface area contributed by atoms with Crippen LogP contribution in [0.3, 0.4) is 0 Å². The summed E-state index contributed by atoms with van der Waals surface area (Å²) in [6.45, 7) is 0.693. The predicted molar refractivity (Wildman–Crippen MR) is 85.0 cm³/mol. The summed E-state index contributed by atoms with van der Waals surface area (Å²) in [5.74, 6) is -0.913. The summed E-state index contributed by atoms with van der Waals surface area (Å²) in [5.41, 5.74) is 7.14. The highest BCUT2D eigenvalue weighted by Crippen LogP contribution is 2.32. The van der Waals surface area contributed by atoms with Gasteiger partial charge in [-0.05, 0) is 26.2 Å². The number of rotatable bonds is 6. The Hall–Kier alpha value is -2.04. The molecule has 0 aliphatic rings. The maximum absolute atomic E-state index is 11.0. The van der Waals surface area contributed by atoms with Crippen molar-refractivity contribution < 1.29 is 9.84 Å². The summed E-state index contributed by atoms with van der Waals surface area (Å²) in [7, 11) is 3.92. The molecule has 0 saturated heterocycles. The molecule has 1 atom stereocenters. The highest BCUT2D eigenvalue weighted by Gasteiger charge is 2.32. The lowest BCUT2D eigenvalue weighted by Gasteiger charge is -2.31. The minimum absolute atomic E-state index is 0.443. The number of para-hydroxylation sites is 2. The molecule has 0 aromatic heterocycles. The highest BCUT2D eigenvalue weighted by atomic mass is 16.6. The van der Waals surface area contributed by atoms with Crippen LogP contribution in [0.15, 0.2) is 54.6 Å². The first-order valence-electron chi connectivity index (χ1n) is 6.97. The van der Waals surface area contributed by atoms with Gasteiger partial charge in [-0.25, -0.2) is 0 Å². The summed E-state index contributed by atoms with van der Waals surface area (Å²) in [4.78, 5) is 2.01. The van der Waals surface area contributed by atoms with E-state index in [1.165, 1.54) is 0 Å². The van der Waals surface area contributed by atoms with Gasteiger partial charge < -0.3 is 20.5 Å². The Balaban J connectivity index is 2.30. The van der Waals surface area contributed by atoms with Crippen molar-refractivity contribution in [1.82, 2.24) is 4.90 Å². The van der Waals surface area contributed by atoms with Gasteiger partial charge in [-0.1, -0.05) is 42.5 Å². The second-order valence-electron chi connectivity index (χ2n) is 5.34. The van der Waals surface area contributed by atoms with Crippen molar-refractivity contribution >= 4 is 5.69 Å². The maximum Gasteiger partial charge on any atom is 0.236 e. The van der Waals surface area contributed by atoms with Crippen LogP contribution in [0.1, 0.15) is 12.0 Å². The number of anilines is 1. The van der Waals surface area contributed by atoms with Crippen LogP contribution in [0.25, 0.3) is 0 Å². The van der Waals surface area contributed by atoms with E-state index in [4.69, 9.17) is 10.5 Å². The number of aliphatic hydroxyl groups is 1. The number of nitrogens with zero attached hydrogens (tertiary/aromatic N) is 1. The zero-order valence-corrected chi connectivity index (χ0v) is 12.5. The fourth-order valence-corrected chi connectivity index (χ4v) is 2.08. The van der Waals surface area contributed by atoms with Crippen molar-refractivity contribution in [1.29, 1.82) is 0 Å². The molecule has 0 aliphatic heterocycles. The SMILES string of the molecule is CN(C)CC[C@@](O)(Oc1ccccc1N)c1ccccc1. The third kappa shape index (κ3) is 3.97. The molecule has 0 fully saturated rings. The molecular formula is C17H22N2O2. The summed E-state index contributed by atoms with van der Waals surface area (Å²) < 4.78 is 5.87. The molecule has 21 heavy (non-hydrogen) atoms. The Morgan fingerprint density at radius 1 is 1.05 bits per heavy atom. The summed E-state index contributed by atoms with van der Waals surface area (Å²) in [5, 5.41) is 11.0. The van der Waals surface area contributed by atoms with Crippen LogP contribution in [0, 0.1) is 0 Å². The molecule has 2 aromatic carbocycles. The molecule has 4 heteroatoms. The lowest BCUT2D eigenvalue weighted by Crippen LogP contribution is -2.36. The van der Waals surface area contributed by atoms with E-state index in [0.29, 0.717) is 24.4 Å². The molecule has 4 nitrogen and oxygen atoms in total. The lowest BCUT2D eigenvalue weighted by atomic mass is 10.0. The topological polar surface area (TPSA) is 58.7 Å².